The maximum Gasteiger partial charge on any atom is 0.138 e. The summed E-state index contributed by atoms with van der Waals surface area (Å²) < 4.78 is 5.71. The summed E-state index contributed by atoms with van der Waals surface area (Å²) in [5, 5.41) is 4.43. The molecule has 1 N–H and O–H groups in total. The second kappa shape index (κ2) is 4.39. The van der Waals surface area contributed by atoms with Crippen molar-refractivity contribution in [3.05, 3.63) is 28.2 Å². The molecule has 1 saturated heterocycles. The Labute approximate surface area is 93.2 Å². The van der Waals surface area contributed by atoms with Gasteiger partial charge in [-0.1, -0.05) is 23.2 Å². The molecule has 0 bridgehead atoms. The highest BCUT2D eigenvalue weighted by Gasteiger charge is 2.16. The Kier molecular flexibility index (Phi) is 3.16. The van der Waals surface area contributed by atoms with Crippen molar-refractivity contribution < 1.29 is 4.74 Å². The fraction of sp³-hybridized carbons (Fsp3) is 0.400. The minimum atomic E-state index is 0.230. The molecule has 2 rings (SSSR count). The number of halogens is 2. The molecular weight excluding hydrogens is 221 g/mol. The van der Waals surface area contributed by atoms with Gasteiger partial charge in [0, 0.05) is 11.6 Å². The molecule has 1 heterocycles. The van der Waals surface area contributed by atoms with Crippen molar-refractivity contribution in [2.45, 2.75) is 12.5 Å². The normalized spacial score (nSPS) is 21.1. The Morgan fingerprint density at radius 3 is 2.86 bits per heavy atom. The monoisotopic (exact) mass is 231 g/mol. The number of benzene rings is 1. The smallest absolute Gasteiger partial charge is 0.138 e. The van der Waals surface area contributed by atoms with E-state index in [1.54, 1.807) is 12.1 Å². The van der Waals surface area contributed by atoms with E-state index in [1.807, 2.05) is 6.07 Å². The summed E-state index contributed by atoms with van der Waals surface area (Å²) in [6.45, 7) is 1.90. The summed E-state index contributed by atoms with van der Waals surface area (Å²) >= 11 is 11.8. The summed E-state index contributed by atoms with van der Waals surface area (Å²) in [5.74, 6) is 0.713. The third-order valence-electron chi connectivity index (χ3n) is 2.20. The van der Waals surface area contributed by atoms with Crippen LogP contribution in [0.5, 0.6) is 5.75 Å². The molecule has 76 valence electrons. The minimum Gasteiger partial charge on any atom is -0.487 e. The number of hydrogen-bond acceptors (Lipinski definition) is 2. The first-order valence-electron chi connectivity index (χ1n) is 4.58. The molecule has 4 heteroatoms. The van der Waals surface area contributed by atoms with Gasteiger partial charge < -0.3 is 10.1 Å². The van der Waals surface area contributed by atoms with Crippen LogP contribution >= 0.6 is 23.2 Å². The summed E-state index contributed by atoms with van der Waals surface area (Å²) in [7, 11) is 0. The molecule has 0 radical (unpaired) electrons. The Balaban J connectivity index is 2.08. The zero-order chi connectivity index (χ0) is 9.97. The van der Waals surface area contributed by atoms with Crippen molar-refractivity contribution >= 4 is 23.2 Å². The number of hydrogen-bond donors (Lipinski definition) is 1. The lowest BCUT2D eigenvalue weighted by Gasteiger charge is -2.13. The van der Waals surface area contributed by atoms with Crippen molar-refractivity contribution in [1.82, 2.24) is 5.32 Å². The highest BCUT2D eigenvalue weighted by atomic mass is 35.5. The van der Waals surface area contributed by atoms with Gasteiger partial charge in [-0.25, -0.2) is 0 Å². The van der Waals surface area contributed by atoms with E-state index in [1.165, 1.54) is 0 Å². The molecule has 0 amide bonds. The van der Waals surface area contributed by atoms with Crippen LogP contribution in [0.4, 0.5) is 0 Å². The molecule has 0 unspecified atom stereocenters. The average Bonchev–Trinajstić information content (AvgIpc) is 2.62. The summed E-state index contributed by atoms with van der Waals surface area (Å²) in [6, 6.07) is 5.29. The highest BCUT2D eigenvalue weighted by Crippen LogP contribution is 2.28. The molecule has 0 aromatic heterocycles. The molecule has 2 nitrogen and oxygen atoms in total. The molecule has 1 fully saturated rings. The Hall–Kier alpha value is -0.440. The summed E-state index contributed by atoms with van der Waals surface area (Å²) in [6.07, 6.45) is 1.26. The molecule has 0 spiro atoms. The van der Waals surface area contributed by atoms with E-state index >= 15 is 0 Å². The van der Waals surface area contributed by atoms with Gasteiger partial charge in [-0.15, -0.1) is 0 Å². The van der Waals surface area contributed by atoms with Crippen LogP contribution in [-0.2, 0) is 0 Å². The predicted molar refractivity (Wildman–Crippen MR) is 58.4 cm³/mol. The molecule has 0 saturated carbocycles. The van der Waals surface area contributed by atoms with Crippen molar-refractivity contribution in [3.8, 4) is 5.75 Å². The van der Waals surface area contributed by atoms with Gasteiger partial charge in [0.1, 0.15) is 11.9 Å². The fourth-order valence-electron chi connectivity index (χ4n) is 1.48. The lowest BCUT2D eigenvalue weighted by atomic mass is 10.3. The van der Waals surface area contributed by atoms with Crippen LogP contribution < -0.4 is 10.1 Å². The van der Waals surface area contributed by atoms with E-state index in [9.17, 15) is 0 Å². The quantitative estimate of drug-likeness (QED) is 0.846. The van der Waals surface area contributed by atoms with Gasteiger partial charge in [0.2, 0.25) is 0 Å². The van der Waals surface area contributed by atoms with E-state index < -0.39 is 0 Å². The molecule has 1 aliphatic heterocycles. The third-order valence-corrected chi connectivity index (χ3v) is 2.73. The zero-order valence-corrected chi connectivity index (χ0v) is 9.11. The van der Waals surface area contributed by atoms with E-state index in [-0.39, 0.29) is 6.10 Å². The number of ether oxygens (including phenoxy) is 1. The third kappa shape index (κ3) is 2.32. The lowest BCUT2D eigenvalue weighted by molar-refractivity contribution is 0.223. The largest absolute Gasteiger partial charge is 0.487 e. The summed E-state index contributed by atoms with van der Waals surface area (Å²) in [5.41, 5.74) is 0. The van der Waals surface area contributed by atoms with Crippen LogP contribution in [0.15, 0.2) is 18.2 Å². The Bertz CT molecular complexity index is 324. The van der Waals surface area contributed by atoms with Gasteiger partial charge in [-0.3, -0.25) is 0 Å². The van der Waals surface area contributed by atoms with Crippen LogP contribution in [0.25, 0.3) is 0 Å². The van der Waals surface area contributed by atoms with E-state index in [4.69, 9.17) is 27.9 Å². The predicted octanol–water partition coefficient (Wildman–Crippen LogP) is 2.73. The summed E-state index contributed by atoms with van der Waals surface area (Å²) in [4.78, 5) is 0. The molecule has 1 aliphatic rings. The first-order valence-corrected chi connectivity index (χ1v) is 5.34. The first kappa shape index (κ1) is 10.1. The number of rotatable bonds is 2. The van der Waals surface area contributed by atoms with Gasteiger partial charge in [-0.05, 0) is 31.2 Å². The fourth-order valence-corrected chi connectivity index (χ4v) is 1.93. The number of nitrogens with one attached hydrogen (secondary N) is 1. The van der Waals surface area contributed by atoms with Crippen molar-refractivity contribution in [2.75, 3.05) is 13.1 Å². The van der Waals surface area contributed by atoms with Gasteiger partial charge in [0.05, 0.1) is 5.02 Å². The molecule has 14 heavy (non-hydrogen) atoms. The van der Waals surface area contributed by atoms with Crippen LogP contribution in [0.3, 0.4) is 0 Å². The van der Waals surface area contributed by atoms with Gasteiger partial charge in [0.15, 0.2) is 0 Å². The zero-order valence-electron chi connectivity index (χ0n) is 7.59. The molecular formula is C10H11Cl2NO. The maximum atomic E-state index is 5.98. The van der Waals surface area contributed by atoms with Crippen LogP contribution in [0.1, 0.15) is 6.42 Å². The van der Waals surface area contributed by atoms with Crippen molar-refractivity contribution in [1.29, 1.82) is 0 Å². The van der Waals surface area contributed by atoms with E-state index in [0.717, 1.165) is 19.5 Å². The van der Waals surface area contributed by atoms with Crippen LogP contribution in [0, 0.1) is 0 Å². The second-order valence-corrected chi connectivity index (χ2v) is 4.15. The SMILES string of the molecule is Clc1ccc(O[C@@H]2CCNC2)c(Cl)c1. The van der Waals surface area contributed by atoms with Crippen molar-refractivity contribution in [2.24, 2.45) is 0 Å². The highest BCUT2D eigenvalue weighted by molar-refractivity contribution is 6.35. The molecule has 1 atom stereocenters. The topological polar surface area (TPSA) is 21.3 Å². The maximum absolute atomic E-state index is 5.98. The Morgan fingerprint density at radius 1 is 1.36 bits per heavy atom. The lowest BCUT2D eigenvalue weighted by Crippen LogP contribution is -2.19. The van der Waals surface area contributed by atoms with Gasteiger partial charge in [-0.2, -0.15) is 0 Å². The molecule has 0 aliphatic carbocycles. The molecule has 1 aromatic carbocycles. The minimum absolute atomic E-state index is 0.230. The standard InChI is InChI=1S/C10H11Cl2NO/c11-7-1-2-10(9(12)5-7)14-8-3-4-13-6-8/h1-2,5,8,13H,3-4,6H2/t8-/m1/s1. The average molecular weight is 232 g/mol. The molecule has 1 aromatic rings. The second-order valence-electron chi connectivity index (χ2n) is 3.31. The van der Waals surface area contributed by atoms with Crippen molar-refractivity contribution in [3.63, 3.8) is 0 Å². The van der Waals surface area contributed by atoms with Crippen LogP contribution in [0.2, 0.25) is 10.0 Å². The van der Waals surface area contributed by atoms with E-state index in [2.05, 4.69) is 5.32 Å². The van der Waals surface area contributed by atoms with Gasteiger partial charge >= 0.3 is 0 Å². The van der Waals surface area contributed by atoms with Gasteiger partial charge in [0.25, 0.3) is 0 Å². The Morgan fingerprint density at radius 2 is 2.21 bits per heavy atom. The first-order chi connectivity index (χ1) is 6.75. The van der Waals surface area contributed by atoms with E-state index in [0.29, 0.717) is 15.8 Å². The van der Waals surface area contributed by atoms with Crippen LogP contribution in [-0.4, -0.2) is 19.2 Å².